The molecule has 1 heterocycles. The van der Waals surface area contributed by atoms with Gasteiger partial charge in [-0.05, 0) is 24.5 Å². The van der Waals surface area contributed by atoms with Crippen LogP contribution in [0.25, 0.3) is 0 Å². The predicted octanol–water partition coefficient (Wildman–Crippen LogP) is 1.80. The van der Waals surface area contributed by atoms with Gasteiger partial charge in [-0.1, -0.05) is 6.92 Å². The maximum absolute atomic E-state index is 12.0. The SMILES string of the molecule is COCC(O)CN(C)C(=O)CCc1ccc(C2CC2C)o1. The molecule has 0 spiro atoms. The zero-order valence-corrected chi connectivity index (χ0v) is 13.0. The molecule has 3 unspecified atom stereocenters. The molecule has 0 radical (unpaired) electrons. The largest absolute Gasteiger partial charge is 0.466 e. The van der Waals surface area contributed by atoms with Gasteiger partial charge in [-0.15, -0.1) is 0 Å². The molecule has 0 aromatic carbocycles. The number of aliphatic hydroxyl groups excluding tert-OH is 1. The second-order valence-electron chi connectivity index (χ2n) is 6.01. The number of furan rings is 1. The molecular weight excluding hydrogens is 270 g/mol. The molecule has 1 saturated carbocycles. The fourth-order valence-corrected chi connectivity index (χ4v) is 2.53. The maximum atomic E-state index is 12.0. The summed E-state index contributed by atoms with van der Waals surface area (Å²) >= 11 is 0. The monoisotopic (exact) mass is 295 g/mol. The highest BCUT2D eigenvalue weighted by Crippen LogP contribution is 2.47. The molecule has 1 aliphatic carbocycles. The van der Waals surface area contributed by atoms with E-state index in [0.29, 0.717) is 18.8 Å². The Bertz CT molecular complexity index is 471. The van der Waals surface area contributed by atoms with Gasteiger partial charge in [0.2, 0.25) is 5.91 Å². The highest BCUT2D eigenvalue weighted by atomic mass is 16.5. The van der Waals surface area contributed by atoms with Crippen LogP contribution in [0.2, 0.25) is 0 Å². The molecule has 1 N–H and O–H groups in total. The van der Waals surface area contributed by atoms with Crippen LogP contribution in [0.3, 0.4) is 0 Å². The van der Waals surface area contributed by atoms with Crippen molar-refractivity contribution in [3.8, 4) is 0 Å². The predicted molar refractivity (Wildman–Crippen MR) is 79.1 cm³/mol. The highest BCUT2D eigenvalue weighted by Gasteiger charge is 2.36. The van der Waals surface area contributed by atoms with Crippen molar-refractivity contribution in [1.29, 1.82) is 0 Å². The Balaban J connectivity index is 1.74. The summed E-state index contributed by atoms with van der Waals surface area (Å²) in [5.41, 5.74) is 0. The van der Waals surface area contributed by atoms with Crippen LogP contribution >= 0.6 is 0 Å². The molecule has 1 aromatic rings. The molecule has 21 heavy (non-hydrogen) atoms. The van der Waals surface area contributed by atoms with E-state index in [-0.39, 0.29) is 19.1 Å². The zero-order chi connectivity index (χ0) is 15.4. The van der Waals surface area contributed by atoms with Crippen molar-refractivity contribution < 1.29 is 19.1 Å². The van der Waals surface area contributed by atoms with Crippen molar-refractivity contribution in [2.45, 2.75) is 38.2 Å². The van der Waals surface area contributed by atoms with Crippen LogP contribution in [0.5, 0.6) is 0 Å². The van der Waals surface area contributed by atoms with E-state index in [0.717, 1.165) is 17.4 Å². The molecule has 118 valence electrons. The Morgan fingerprint density at radius 3 is 2.90 bits per heavy atom. The van der Waals surface area contributed by atoms with E-state index >= 15 is 0 Å². The molecule has 0 bridgehead atoms. The molecule has 1 aromatic heterocycles. The van der Waals surface area contributed by atoms with Crippen LogP contribution in [-0.2, 0) is 16.0 Å². The number of aryl methyl sites for hydroxylation is 1. The summed E-state index contributed by atoms with van der Waals surface area (Å²) < 4.78 is 10.6. The van der Waals surface area contributed by atoms with Crippen LogP contribution in [-0.4, -0.2) is 49.3 Å². The summed E-state index contributed by atoms with van der Waals surface area (Å²) in [6, 6.07) is 3.99. The van der Waals surface area contributed by atoms with Crippen molar-refractivity contribution in [3.05, 3.63) is 23.7 Å². The number of ether oxygens (including phenoxy) is 1. The normalized spacial score (nSPS) is 22.1. The van der Waals surface area contributed by atoms with Crippen LogP contribution in [0.1, 0.15) is 37.2 Å². The van der Waals surface area contributed by atoms with Crippen molar-refractivity contribution in [3.63, 3.8) is 0 Å². The number of likely N-dealkylation sites (N-methyl/N-ethyl adjacent to an activating group) is 1. The van der Waals surface area contributed by atoms with Gasteiger partial charge in [-0.25, -0.2) is 0 Å². The highest BCUT2D eigenvalue weighted by molar-refractivity contribution is 5.76. The summed E-state index contributed by atoms with van der Waals surface area (Å²) in [4.78, 5) is 13.5. The van der Waals surface area contributed by atoms with Gasteiger partial charge in [0.25, 0.3) is 0 Å². The first-order valence-corrected chi connectivity index (χ1v) is 7.50. The molecule has 0 saturated heterocycles. The number of amides is 1. The first-order chi connectivity index (χ1) is 10.0. The molecule has 5 nitrogen and oxygen atoms in total. The van der Waals surface area contributed by atoms with E-state index in [1.165, 1.54) is 18.4 Å². The standard InChI is InChI=1S/C16H25NO4/c1-11-8-14(11)15-6-4-13(21-15)5-7-16(19)17(2)9-12(18)10-20-3/h4,6,11-12,14,18H,5,7-10H2,1-3H3. The lowest BCUT2D eigenvalue weighted by molar-refractivity contribution is -0.131. The summed E-state index contributed by atoms with van der Waals surface area (Å²) in [6.07, 6.45) is 1.55. The van der Waals surface area contributed by atoms with Gasteiger partial charge in [-0.3, -0.25) is 4.79 Å². The number of hydrogen-bond donors (Lipinski definition) is 1. The van der Waals surface area contributed by atoms with Gasteiger partial charge in [0, 0.05) is 39.5 Å². The lowest BCUT2D eigenvalue weighted by atomic mass is 10.2. The Kier molecular flexibility index (Phi) is 5.42. The number of aliphatic hydroxyl groups is 1. The minimum Gasteiger partial charge on any atom is -0.466 e. The molecule has 2 rings (SSSR count). The fourth-order valence-electron chi connectivity index (χ4n) is 2.53. The van der Waals surface area contributed by atoms with Gasteiger partial charge in [0.05, 0.1) is 12.7 Å². The summed E-state index contributed by atoms with van der Waals surface area (Å²) in [7, 11) is 3.22. The zero-order valence-electron chi connectivity index (χ0n) is 13.0. The molecule has 1 amide bonds. The third-order valence-electron chi connectivity index (χ3n) is 4.01. The minimum absolute atomic E-state index is 0.00268. The van der Waals surface area contributed by atoms with Gasteiger partial charge >= 0.3 is 0 Å². The Hall–Kier alpha value is -1.33. The topological polar surface area (TPSA) is 62.9 Å². The van der Waals surface area contributed by atoms with E-state index < -0.39 is 6.10 Å². The Morgan fingerprint density at radius 1 is 1.57 bits per heavy atom. The van der Waals surface area contributed by atoms with Crippen LogP contribution < -0.4 is 0 Å². The third kappa shape index (κ3) is 4.58. The van der Waals surface area contributed by atoms with E-state index in [2.05, 4.69) is 6.92 Å². The summed E-state index contributed by atoms with van der Waals surface area (Å²) in [5, 5.41) is 9.61. The summed E-state index contributed by atoms with van der Waals surface area (Å²) in [6.45, 7) is 2.74. The van der Waals surface area contributed by atoms with Crippen molar-refractivity contribution >= 4 is 5.91 Å². The second kappa shape index (κ2) is 7.09. The van der Waals surface area contributed by atoms with Gasteiger partial charge in [-0.2, -0.15) is 0 Å². The number of rotatable bonds is 8. The lowest BCUT2D eigenvalue weighted by Gasteiger charge is -2.20. The number of nitrogens with zero attached hydrogens (tertiary/aromatic N) is 1. The smallest absolute Gasteiger partial charge is 0.222 e. The second-order valence-corrected chi connectivity index (χ2v) is 6.01. The minimum atomic E-state index is -0.643. The van der Waals surface area contributed by atoms with Crippen LogP contribution in [0.4, 0.5) is 0 Å². The van der Waals surface area contributed by atoms with Crippen molar-refractivity contribution in [2.75, 3.05) is 27.3 Å². The van der Waals surface area contributed by atoms with Gasteiger partial charge in [0.15, 0.2) is 0 Å². The third-order valence-corrected chi connectivity index (χ3v) is 4.01. The average Bonchev–Trinajstić information content (AvgIpc) is 2.99. The molecular formula is C16H25NO4. The molecule has 0 aliphatic heterocycles. The van der Waals surface area contributed by atoms with Crippen molar-refractivity contribution in [2.24, 2.45) is 5.92 Å². The molecule has 1 aliphatic rings. The number of methoxy groups -OCH3 is 1. The number of hydrogen-bond acceptors (Lipinski definition) is 4. The van der Waals surface area contributed by atoms with Gasteiger partial charge < -0.3 is 19.2 Å². The lowest BCUT2D eigenvalue weighted by Crippen LogP contribution is -2.36. The van der Waals surface area contributed by atoms with E-state index in [1.807, 2.05) is 12.1 Å². The Labute approximate surface area is 125 Å². The molecule has 1 fully saturated rings. The number of carbonyl (C=O) groups is 1. The first-order valence-electron chi connectivity index (χ1n) is 7.50. The van der Waals surface area contributed by atoms with Crippen LogP contribution in [0.15, 0.2) is 16.5 Å². The quantitative estimate of drug-likeness (QED) is 0.794. The first kappa shape index (κ1) is 16.0. The Morgan fingerprint density at radius 2 is 2.29 bits per heavy atom. The average molecular weight is 295 g/mol. The van der Waals surface area contributed by atoms with E-state index in [4.69, 9.17) is 9.15 Å². The fraction of sp³-hybridized carbons (Fsp3) is 0.688. The van der Waals surface area contributed by atoms with Gasteiger partial charge in [0.1, 0.15) is 11.5 Å². The summed E-state index contributed by atoms with van der Waals surface area (Å²) in [5.74, 6) is 3.21. The number of carbonyl (C=O) groups excluding carboxylic acids is 1. The van der Waals surface area contributed by atoms with Crippen LogP contribution in [0, 0.1) is 5.92 Å². The molecule has 3 atom stereocenters. The molecule has 5 heteroatoms. The van der Waals surface area contributed by atoms with E-state index in [1.54, 1.807) is 7.05 Å². The van der Waals surface area contributed by atoms with Crippen molar-refractivity contribution in [1.82, 2.24) is 4.90 Å². The van der Waals surface area contributed by atoms with E-state index in [9.17, 15) is 9.90 Å². The maximum Gasteiger partial charge on any atom is 0.222 e.